The van der Waals surface area contributed by atoms with Gasteiger partial charge in [-0.05, 0) is 0 Å². The second kappa shape index (κ2) is 3.11. The largest absolute Gasteiger partial charge is 0.297 e. The molecule has 0 N–H and O–H groups in total. The van der Waals surface area contributed by atoms with Crippen LogP contribution >= 0.6 is 11.3 Å². The summed E-state index contributed by atoms with van der Waals surface area (Å²) < 4.78 is 0. The molecule has 0 unspecified atom stereocenters. The zero-order valence-electron chi connectivity index (χ0n) is 6.69. The Balaban J connectivity index is 2.89. The van der Waals surface area contributed by atoms with Gasteiger partial charge in [0.1, 0.15) is 0 Å². The van der Waals surface area contributed by atoms with Crippen LogP contribution in [0, 0.1) is 0 Å². The maximum absolute atomic E-state index is 10.6. The molecule has 0 amide bonds. The van der Waals surface area contributed by atoms with Gasteiger partial charge in [-0.15, -0.1) is 11.3 Å². The van der Waals surface area contributed by atoms with E-state index in [1.165, 1.54) is 11.3 Å². The molecule has 0 saturated heterocycles. The average Bonchev–Trinajstić information content (AvgIpc) is 2.56. The van der Waals surface area contributed by atoms with E-state index >= 15 is 0 Å². The molecule has 0 radical (unpaired) electrons. The van der Waals surface area contributed by atoms with Crippen LogP contribution in [0.5, 0.6) is 0 Å². The summed E-state index contributed by atoms with van der Waals surface area (Å²) in [5.74, 6) is 0. The Hall–Kier alpha value is -1.48. The minimum absolute atomic E-state index is 0.623. The summed E-state index contributed by atoms with van der Waals surface area (Å²) in [5, 5.41) is 1.73. The number of benzene rings is 1. The Morgan fingerprint density at radius 1 is 0.923 bits per heavy atom. The SMILES string of the molecule is O=Cc1sc(C=O)c2ccccc12. The Kier molecular flexibility index (Phi) is 1.94. The number of carbonyl (C=O) groups excluding carboxylic acids is 2. The molecule has 2 rings (SSSR count). The number of fused-ring (bicyclic) bond motifs is 1. The van der Waals surface area contributed by atoms with E-state index < -0.39 is 0 Å². The summed E-state index contributed by atoms with van der Waals surface area (Å²) in [7, 11) is 0. The number of rotatable bonds is 2. The maximum Gasteiger partial charge on any atom is 0.160 e. The smallest absolute Gasteiger partial charge is 0.160 e. The van der Waals surface area contributed by atoms with Gasteiger partial charge in [-0.1, -0.05) is 24.3 Å². The standard InChI is InChI=1S/C10H6O2S/c11-5-9-7-3-1-2-4-8(7)10(6-12)13-9/h1-6H. The molecule has 1 aromatic heterocycles. The lowest BCUT2D eigenvalue weighted by atomic mass is 10.1. The molecule has 0 bridgehead atoms. The second-order valence-electron chi connectivity index (χ2n) is 2.61. The fourth-order valence-corrected chi connectivity index (χ4v) is 2.23. The van der Waals surface area contributed by atoms with Gasteiger partial charge in [-0.3, -0.25) is 9.59 Å². The van der Waals surface area contributed by atoms with Crippen molar-refractivity contribution in [3.63, 3.8) is 0 Å². The van der Waals surface area contributed by atoms with Gasteiger partial charge in [0.2, 0.25) is 0 Å². The van der Waals surface area contributed by atoms with Crippen molar-refractivity contribution in [2.45, 2.75) is 0 Å². The zero-order valence-corrected chi connectivity index (χ0v) is 7.51. The quantitative estimate of drug-likeness (QED) is 0.682. The topological polar surface area (TPSA) is 34.1 Å². The molecule has 0 aliphatic carbocycles. The summed E-state index contributed by atoms with van der Waals surface area (Å²) in [6, 6.07) is 7.42. The summed E-state index contributed by atoms with van der Waals surface area (Å²) in [6.07, 6.45) is 1.58. The predicted octanol–water partition coefficient (Wildman–Crippen LogP) is 2.53. The summed E-state index contributed by atoms with van der Waals surface area (Å²) in [5.41, 5.74) is 0. The van der Waals surface area contributed by atoms with E-state index in [-0.39, 0.29) is 0 Å². The third kappa shape index (κ3) is 1.17. The van der Waals surface area contributed by atoms with Gasteiger partial charge in [0.05, 0.1) is 9.75 Å². The van der Waals surface area contributed by atoms with Gasteiger partial charge < -0.3 is 0 Å². The molecular formula is C10H6O2S. The van der Waals surface area contributed by atoms with E-state index in [1.54, 1.807) is 0 Å². The van der Waals surface area contributed by atoms with Crippen LogP contribution in [0.1, 0.15) is 19.3 Å². The van der Waals surface area contributed by atoms with E-state index in [0.29, 0.717) is 9.75 Å². The number of hydrogen-bond donors (Lipinski definition) is 0. The highest BCUT2D eigenvalue weighted by Gasteiger charge is 2.08. The molecule has 0 aliphatic heterocycles. The zero-order chi connectivity index (χ0) is 9.26. The number of carbonyl (C=O) groups is 2. The average molecular weight is 190 g/mol. The van der Waals surface area contributed by atoms with Crippen molar-refractivity contribution in [1.82, 2.24) is 0 Å². The highest BCUT2D eigenvalue weighted by Crippen LogP contribution is 2.28. The van der Waals surface area contributed by atoms with Crippen molar-refractivity contribution in [1.29, 1.82) is 0 Å². The van der Waals surface area contributed by atoms with E-state index in [4.69, 9.17) is 0 Å². The van der Waals surface area contributed by atoms with Crippen LogP contribution in [0.4, 0.5) is 0 Å². The first-order valence-electron chi connectivity index (χ1n) is 3.78. The van der Waals surface area contributed by atoms with Crippen LogP contribution in [0.25, 0.3) is 10.8 Å². The van der Waals surface area contributed by atoms with Crippen molar-refractivity contribution in [2.24, 2.45) is 0 Å². The summed E-state index contributed by atoms with van der Waals surface area (Å²) in [4.78, 5) is 22.5. The lowest BCUT2D eigenvalue weighted by molar-refractivity contribution is 0.112. The molecular weight excluding hydrogens is 184 g/mol. The molecule has 0 aliphatic rings. The van der Waals surface area contributed by atoms with Crippen molar-refractivity contribution in [3.8, 4) is 0 Å². The Morgan fingerprint density at radius 2 is 1.38 bits per heavy atom. The van der Waals surface area contributed by atoms with Gasteiger partial charge in [-0.2, -0.15) is 0 Å². The minimum atomic E-state index is 0.623. The summed E-state index contributed by atoms with van der Waals surface area (Å²) in [6.45, 7) is 0. The van der Waals surface area contributed by atoms with Gasteiger partial charge in [-0.25, -0.2) is 0 Å². The van der Waals surface area contributed by atoms with Crippen LogP contribution in [-0.2, 0) is 0 Å². The first kappa shape index (κ1) is 8.13. The molecule has 0 saturated carbocycles. The van der Waals surface area contributed by atoms with Crippen molar-refractivity contribution in [2.75, 3.05) is 0 Å². The Labute approximate surface area is 78.8 Å². The fraction of sp³-hybridized carbons (Fsp3) is 0. The second-order valence-corrected chi connectivity index (χ2v) is 3.70. The first-order valence-corrected chi connectivity index (χ1v) is 4.60. The Morgan fingerprint density at radius 3 is 1.77 bits per heavy atom. The van der Waals surface area contributed by atoms with Crippen molar-refractivity contribution < 1.29 is 9.59 Å². The van der Waals surface area contributed by atoms with Gasteiger partial charge >= 0.3 is 0 Å². The molecule has 64 valence electrons. The van der Waals surface area contributed by atoms with E-state index in [0.717, 1.165) is 23.3 Å². The lowest BCUT2D eigenvalue weighted by Gasteiger charge is -1.87. The highest BCUT2D eigenvalue weighted by atomic mass is 32.1. The minimum Gasteiger partial charge on any atom is -0.297 e. The van der Waals surface area contributed by atoms with Crippen LogP contribution in [-0.4, -0.2) is 12.6 Å². The number of aldehydes is 2. The van der Waals surface area contributed by atoms with Crippen LogP contribution in [0.2, 0.25) is 0 Å². The van der Waals surface area contributed by atoms with E-state index in [9.17, 15) is 9.59 Å². The van der Waals surface area contributed by atoms with E-state index in [2.05, 4.69) is 0 Å². The molecule has 1 heterocycles. The fourth-order valence-electron chi connectivity index (χ4n) is 1.32. The molecule has 2 nitrogen and oxygen atoms in total. The molecule has 0 fully saturated rings. The maximum atomic E-state index is 10.6. The van der Waals surface area contributed by atoms with Gasteiger partial charge in [0.25, 0.3) is 0 Å². The van der Waals surface area contributed by atoms with Crippen LogP contribution < -0.4 is 0 Å². The van der Waals surface area contributed by atoms with Crippen LogP contribution in [0.15, 0.2) is 24.3 Å². The number of thiophene rings is 1. The highest BCUT2D eigenvalue weighted by molar-refractivity contribution is 7.17. The molecule has 0 atom stereocenters. The monoisotopic (exact) mass is 190 g/mol. The van der Waals surface area contributed by atoms with Crippen LogP contribution in [0.3, 0.4) is 0 Å². The molecule has 0 spiro atoms. The first-order chi connectivity index (χ1) is 6.36. The molecule has 1 aromatic carbocycles. The van der Waals surface area contributed by atoms with E-state index in [1.807, 2.05) is 24.3 Å². The third-order valence-corrected chi connectivity index (χ3v) is 2.96. The Bertz CT molecular complexity index is 429. The molecule has 13 heavy (non-hydrogen) atoms. The predicted molar refractivity (Wildman–Crippen MR) is 52.6 cm³/mol. The lowest BCUT2D eigenvalue weighted by Crippen LogP contribution is -1.72. The normalized spacial score (nSPS) is 10.2. The van der Waals surface area contributed by atoms with Crippen molar-refractivity contribution >= 4 is 34.7 Å². The molecule has 3 heteroatoms. The van der Waals surface area contributed by atoms with Gasteiger partial charge in [0.15, 0.2) is 12.6 Å². The summed E-state index contributed by atoms with van der Waals surface area (Å²) >= 11 is 1.24. The third-order valence-electron chi connectivity index (χ3n) is 1.89. The number of hydrogen-bond acceptors (Lipinski definition) is 3. The van der Waals surface area contributed by atoms with Crippen molar-refractivity contribution in [3.05, 3.63) is 34.0 Å². The van der Waals surface area contributed by atoms with Gasteiger partial charge in [0, 0.05) is 10.8 Å². The molecule has 2 aromatic rings.